The van der Waals surface area contributed by atoms with Crippen LogP contribution in [0.25, 0.3) is 0 Å². The summed E-state index contributed by atoms with van der Waals surface area (Å²) in [6.07, 6.45) is 0.905. The van der Waals surface area contributed by atoms with E-state index in [4.69, 9.17) is 14.2 Å². The first-order valence-corrected chi connectivity index (χ1v) is 7.37. The van der Waals surface area contributed by atoms with Crippen LogP contribution in [0.3, 0.4) is 0 Å². The van der Waals surface area contributed by atoms with Crippen LogP contribution in [-0.2, 0) is 11.3 Å². The first-order valence-electron chi connectivity index (χ1n) is 7.37. The summed E-state index contributed by atoms with van der Waals surface area (Å²) in [4.78, 5) is 12.0. The molecule has 0 saturated carbocycles. The summed E-state index contributed by atoms with van der Waals surface area (Å²) >= 11 is 0. The molecule has 4 nitrogen and oxygen atoms in total. The monoisotopic (exact) mass is 298 g/mol. The number of hydrogen-bond acceptors (Lipinski definition) is 4. The third kappa shape index (κ3) is 3.86. The van der Waals surface area contributed by atoms with E-state index in [1.807, 2.05) is 30.3 Å². The maximum absolute atomic E-state index is 12.0. The van der Waals surface area contributed by atoms with Crippen LogP contribution in [0, 0.1) is 0 Å². The molecule has 22 heavy (non-hydrogen) atoms. The maximum Gasteiger partial charge on any atom is 0.220 e. The molecule has 1 aliphatic rings. The molecular weight excluding hydrogens is 280 g/mol. The van der Waals surface area contributed by atoms with Crippen molar-refractivity contribution in [3.05, 3.63) is 70.4 Å². The van der Waals surface area contributed by atoms with Crippen LogP contribution in [0.2, 0.25) is 0 Å². The van der Waals surface area contributed by atoms with Gasteiger partial charge in [-0.15, -0.1) is 0 Å². The predicted molar refractivity (Wildman–Crippen MR) is 83.3 cm³/mol. The Kier molecular flexibility index (Phi) is 4.71. The second kappa shape index (κ2) is 7.09. The molecule has 0 aromatic heterocycles. The number of ether oxygens (including phenoxy) is 3. The molecule has 114 valence electrons. The molecule has 0 bridgehead atoms. The fraction of sp³-hybridized carbons (Fsp3) is 0.278. The van der Waals surface area contributed by atoms with Crippen LogP contribution < -0.4 is 14.9 Å². The Morgan fingerprint density at radius 1 is 1.09 bits per heavy atom. The van der Waals surface area contributed by atoms with E-state index in [1.54, 1.807) is 18.2 Å². The molecule has 0 amide bonds. The van der Waals surface area contributed by atoms with Gasteiger partial charge in [-0.25, -0.2) is 0 Å². The van der Waals surface area contributed by atoms with Crippen molar-refractivity contribution in [2.75, 3.05) is 13.2 Å². The van der Waals surface area contributed by atoms with Gasteiger partial charge in [-0.2, -0.15) is 0 Å². The first kappa shape index (κ1) is 14.6. The van der Waals surface area contributed by atoms with Crippen LogP contribution in [0.4, 0.5) is 0 Å². The zero-order valence-electron chi connectivity index (χ0n) is 12.2. The Labute approximate surface area is 129 Å². The van der Waals surface area contributed by atoms with Crippen molar-refractivity contribution >= 4 is 0 Å². The molecule has 1 aliphatic heterocycles. The van der Waals surface area contributed by atoms with Crippen LogP contribution in [0.15, 0.2) is 59.4 Å². The normalized spacial score (nSPS) is 17.2. The van der Waals surface area contributed by atoms with E-state index in [0.29, 0.717) is 31.3 Å². The molecule has 1 fully saturated rings. The largest absolute Gasteiger partial charge is 0.488 e. The fourth-order valence-electron chi connectivity index (χ4n) is 2.28. The molecule has 0 radical (unpaired) electrons. The zero-order valence-corrected chi connectivity index (χ0v) is 12.2. The minimum atomic E-state index is -0.159. The second-order valence-electron chi connectivity index (χ2n) is 5.18. The molecule has 2 aromatic rings. The van der Waals surface area contributed by atoms with Crippen molar-refractivity contribution in [1.82, 2.24) is 0 Å². The number of rotatable bonds is 5. The topological polar surface area (TPSA) is 44.8 Å². The van der Waals surface area contributed by atoms with Crippen molar-refractivity contribution in [3.8, 4) is 11.5 Å². The summed E-state index contributed by atoms with van der Waals surface area (Å²) in [6.45, 7) is 1.66. The smallest absolute Gasteiger partial charge is 0.220 e. The average Bonchev–Trinajstić information content (AvgIpc) is 2.98. The lowest BCUT2D eigenvalue weighted by Crippen LogP contribution is -2.15. The minimum absolute atomic E-state index is 0.0412. The zero-order chi connectivity index (χ0) is 15.2. The van der Waals surface area contributed by atoms with Crippen LogP contribution in [-0.4, -0.2) is 19.3 Å². The summed E-state index contributed by atoms with van der Waals surface area (Å²) in [5, 5.41) is 0. The van der Waals surface area contributed by atoms with Crippen molar-refractivity contribution in [2.24, 2.45) is 0 Å². The molecular formula is C18H18O4. The SMILES string of the molecule is O=c1cccc(O[C@@H]2CCOC2)cc1OCc1ccccc1. The lowest BCUT2D eigenvalue weighted by Gasteiger charge is -2.11. The molecule has 0 N–H and O–H groups in total. The highest BCUT2D eigenvalue weighted by atomic mass is 16.5. The highest BCUT2D eigenvalue weighted by Crippen LogP contribution is 2.19. The van der Waals surface area contributed by atoms with Crippen molar-refractivity contribution in [2.45, 2.75) is 19.1 Å². The Bertz CT molecular complexity index is 663. The molecule has 1 heterocycles. The molecule has 1 atom stereocenters. The summed E-state index contributed by atoms with van der Waals surface area (Å²) in [5.74, 6) is 0.920. The summed E-state index contributed by atoms with van der Waals surface area (Å²) < 4.78 is 16.8. The average molecular weight is 298 g/mol. The van der Waals surface area contributed by atoms with Gasteiger partial charge >= 0.3 is 0 Å². The molecule has 1 saturated heterocycles. The summed E-state index contributed by atoms with van der Waals surface area (Å²) in [7, 11) is 0. The Morgan fingerprint density at radius 3 is 2.73 bits per heavy atom. The van der Waals surface area contributed by atoms with Gasteiger partial charge in [-0.1, -0.05) is 36.4 Å². The van der Waals surface area contributed by atoms with Gasteiger partial charge in [0.15, 0.2) is 5.75 Å². The summed E-state index contributed by atoms with van der Waals surface area (Å²) in [5.41, 5.74) is 0.855. The third-order valence-corrected chi connectivity index (χ3v) is 3.45. The Balaban J connectivity index is 1.74. The van der Waals surface area contributed by atoms with Gasteiger partial charge in [-0.05, 0) is 17.7 Å². The molecule has 0 aliphatic carbocycles. The van der Waals surface area contributed by atoms with E-state index in [9.17, 15) is 4.79 Å². The molecule has 3 rings (SSSR count). The van der Waals surface area contributed by atoms with Gasteiger partial charge in [0, 0.05) is 12.5 Å². The molecule has 0 spiro atoms. The fourth-order valence-corrected chi connectivity index (χ4v) is 2.28. The van der Waals surface area contributed by atoms with E-state index < -0.39 is 0 Å². The van der Waals surface area contributed by atoms with E-state index in [0.717, 1.165) is 12.0 Å². The predicted octanol–water partition coefficient (Wildman–Crippen LogP) is 2.79. The maximum atomic E-state index is 12.0. The van der Waals surface area contributed by atoms with Crippen molar-refractivity contribution < 1.29 is 14.2 Å². The van der Waals surface area contributed by atoms with Crippen LogP contribution >= 0.6 is 0 Å². The van der Waals surface area contributed by atoms with Gasteiger partial charge in [-0.3, -0.25) is 4.79 Å². The first-order chi connectivity index (χ1) is 10.8. The van der Waals surface area contributed by atoms with E-state index >= 15 is 0 Å². The minimum Gasteiger partial charge on any atom is -0.488 e. The Morgan fingerprint density at radius 2 is 1.95 bits per heavy atom. The van der Waals surface area contributed by atoms with E-state index in [-0.39, 0.29) is 11.5 Å². The lowest BCUT2D eigenvalue weighted by molar-refractivity contribution is 0.141. The van der Waals surface area contributed by atoms with Gasteiger partial charge in [0.25, 0.3) is 0 Å². The van der Waals surface area contributed by atoms with Gasteiger partial charge in [0.05, 0.1) is 13.2 Å². The van der Waals surface area contributed by atoms with Gasteiger partial charge < -0.3 is 14.2 Å². The van der Waals surface area contributed by atoms with Crippen LogP contribution in [0.5, 0.6) is 11.5 Å². The second-order valence-corrected chi connectivity index (χ2v) is 5.18. The standard InChI is InChI=1S/C18H18O4/c19-17-8-4-7-15(22-16-9-10-20-13-16)11-18(17)21-12-14-5-2-1-3-6-14/h1-8,11,16H,9-10,12-13H2/t16-/m1/s1. The lowest BCUT2D eigenvalue weighted by atomic mass is 10.2. The van der Waals surface area contributed by atoms with Crippen molar-refractivity contribution in [1.29, 1.82) is 0 Å². The Hall–Kier alpha value is -2.33. The molecule has 2 aromatic carbocycles. The van der Waals surface area contributed by atoms with Gasteiger partial charge in [0.2, 0.25) is 5.43 Å². The van der Waals surface area contributed by atoms with Crippen molar-refractivity contribution in [3.63, 3.8) is 0 Å². The summed E-state index contributed by atoms with van der Waals surface area (Å²) in [6, 6.07) is 16.3. The third-order valence-electron chi connectivity index (χ3n) is 3.45. The quantitative estimate of drug-likeness (QED) is 0.851. The highest BCUT2D eigenvalue weighted by molar-refractivity contribution is 5.32. The highest BCUT2D eigenvalue weighted by Gasteiger charge is 2.17. The number of hydrogen-bond donors (Lipinski definition) is 0. The molecule has 0 unspecified atom stereocenters. The van der Waals surface area contributed by atoms with Crippen LogP contribution in [0.1, 0.15) is 12.0 Å². The van der Waals surface area contributed by atoms with E-state index in [2.05, 4.69) is 0 Å². The molecule has 4 heteroatoms. The van der Waals surface area contributed by atoms with E-state index in [1.165, 1.54) is 6.07 Å². The van der Waals surface area contributed by atoms with Gasteiger partial charge in [0.1, 0.15) is 18.5 Å². The number of benzene rings is 1.